The van der Waals surface area contributed by atoms with Crippen molar-refractivity contribution in [2.75, 3.05) is 19.7 Å². The first-order valence-electron chi connectivity index (χ1n) is 7.02. The number of halogens is 2. The summed E-state index contributed by atoms with van der Waals surface area (Å²) in [4.78, 5) is 13.9. The van der Waals surface area contributed by atoms with Gasteiger partial charge in [0.05, 0.1) is 12.5 Å². The third kappa shape index (κ3) is 4.58. The highest BCUT2D eigenvalue weighted by molar-refractivity contribution is 6.34. The van der Waals surface area contributed by atoms with Gasteiger partial charge < -0.3 is 15.1 Å². The van der Waals surface area contributed by atoms with E-state index in [-0.39, 0.29) is 24.9 Å². The summed E-state index contributed by atoms with van der Waals surface area (Å²) in [6.07, 6.45) is 0.889. The van der Waals surface area contributed by atoms with E-state index in [1.807, 2.05) is 0 Å². The van der Waals surface area contributed by atoms with Crippen LogP contribution in [0.25, 0.3) is 0 Å². The lowest BCUT2D eigenvalue weighted by molar-refractivity contribution is -0.135. The second kappa shape index (κ2) is 7.45. The molecule has 4 nitrogen and oxygen atoms in total. The van der Waals surface area contributed by atoms with E-state index in [0.717, 1.165) is 12.8 Å². The molecule has 21 heavy (non-hydrogen) atoms. The molecule has 0 aromatic heterocycles. The van der Waals surface area contributed by atoms with Crippen molar-refractivity contribution in [1.82, 2.24) is 4.90 Å². The highest BCUT2D eigenvalue weighted by Crippen LogP contribution is 2.26. The molecule has 2 unspecified atom stereocenters. The van der Waals surface area contributed by atoms with Crippen molar-refractivity contribution in [3.8, 4) is 0 Å². The van der Waals surface area contributed by atoms with Crippen LogP contribution in [-0.2, 0) is 4.79 Å². The fourth-order valence-corrected chi connectivity index (χ4v) is 3.16. The molecule has 1 aliphatic heterocycles. The lowest BCUT2D eigenvalue weighted by Gasteiger charge is -2.32. The van der Waals surface area contributed by atoms with Crippen LogP contribution in [0.15, 0.2) is 18.2 Å². The molecule has 2 N–H and O–H groups in total. The molecular weight excluding hydrogens is 313 g/mol. The molecule has 1 fully saturated rings. The Hall–Kier alpha value is -0.810. The van der Waals surface area contributed by atoms with E-state index in [2.05, 4.69) is 0 Å². The van der Waals surface area contributed by atoms with Gasteiger partial charge in [0, 0.05) is 29.7 Å². The summed E-state index contributed by atoms with van der Waals surface area (Å²) in [7, 11) is 0. The van der Waals surface area contributed by atoms with Crippen LogP contribution in [0.5, 0.6) is 0 Å². The maximum atomic E-state index is 12.2. The molecule has 6 heteroatoms. The Morgan fingerprint density at radius 2 is 2.00 bits per heavy atom. The molecule has 2 atom stereocenters. The van der Waals surface area contributed by atoms with Crippen LogP contribution >= 0.6 is 23.2 Å². The number of carbonyl (C=O) groups is 1. The monoisotopic (exact) mass is 331 g/mol. The Labute approximate surface area is 134 Å². The Kier molecular flexibility index (Phi) is 5.88. The number of hydrogen-bond donors (Lipinski definition) is 2. The van der Waals surface area contributed by atoms with Gasteiger partial charge in [-0.05, 0) is 42.5 Å². The number of carbonyl (C=O) groups excluding carboxylic acids is 1. The summed E-state index contributed by atoms with van der Waals surface area (Å²) in [6.45, 7) is 1.33. The molecule has 1 heterocycles. The Balaban J connectivity index is 1.98. The van der Waals surface area contributed by atoms with Crippen LogP contribution in [0.4, 0.5) is 0 Å². The zero-order valence-electron chi connectivity index (χ0n) is 11.6. The lowest BCUT2D eigenvalue weighted by atomic mass is 9.98. The van der Waals surface area contributed by atoms with Crippen LogP contribution in [-0.4, -0.2) is 40.7 Å². The number of hydrogen-bond acceptors (Lipinski definition) is 3. The van der Waals surface area contributed by atoms with E-state index < -0.39 is 6.10 Å². The Morgan fingerprint density at radius 1 is 1.33 bits per heavy atom. The van der Waals surface area contributed by atoms with Gasteiger partial charge in [-0.3, -0.25) is 4.79 Å². The molecule has 0 spiro atoms. The first kappa shape index (κ1) is 16.6. The molecule has 0 aliphatic carbocycles. The van der Waals surface area contributed by atoms with Crippen molar-refractivity contribution in [2.45, 2.75) is 25.4 Å². The van der Waals surface area contributed by atoms with Crippen molar-refractivity contribution in [2.24, 2.45) is 5.92 Å². The number of rotatable bonds is 4. The first-order valence-corrected chi connectivity index (χ1v) is 7.78. The molecule has 1 aliphatic rings. The number of nitrogens with zero attached hydrogens (tertiary/aromatic N) is 1. The molecule has 1 aromatic carbocycles. The zero-order valence-corrected chi connectivity index (χ0v) is 13.1. The van der Waals surface area contributed by atoms with E-state index in [9.17, 15) is 15.0 Å². The van der Waals surface area contributed by atoms with Gasteiger partial charge in [0.2, 0.25) is 5.91 Å². The van der Waals surface area contributed by atoms with Gasteiger partial charge in [-0.15, -0.1) is 0 Å². The van der Waals surface area contributed by atoms with Crippen LogP contribution in [0.3, 0.4) is 0 Å². The van der Waals surface area contributed by atoms with E-state index in [1.54, 1.807) is 23.1 Å². The third-order valence-electron chi connectivity index (χ3n) is 3.77. The number of benzene rings is 1. The number of piperidine rings is 1. The molecule has 0 radical (unpaired) electrons. The number of likely N-dealkylation sites (tertiary alicyclic amines) is 1. The van der Waals surface area contributed by atoms with Gasteiger partial charge in [0.1, 0.15) is 0 Å². The molecule has 2 rings (SSSR count). The van der Waals surface area contributed by atoms with Gasteiger partial charge in [0.25, 0.3) is 0 Å². The highest BCUT2D eigenvalue weighted by atomic mass is 35.5. The molecule has 1 aromatic rings. The van der Waals surface area contributed by atoms with Gasteiger partial charge >= 0.3 is 0 Å². The van der Waals surface area contributed by atoms with Crippen LogP contribution in [0.1, 0.15) is 30.9 Å². The van der Waals surface area contributed by atoms with E-state index in [4.69, 9.17) is 23.2 Å². The van der Waals surface area contributed by atoms with Gasteiger partial charge in [-0.25, -0.2) is 0 Å². The van der Waals surface area contributed by atoms with E-state index in [1.165, 1.54) is 0 Å². The van der Waals surface area contributed by atoms with Crippen molar-refractivity contribution >= 4 is 29.1 Å². The molecule has 116 valence electrons. The maximum Gasteiger partial charge on any atom is 0.225 e. The van der Waals surface area contributed by atoms with Crippen molar-refractivity contribution in [3.63, 3.8) is 0 Å². The van der Waals surface area contributed by atoms with Crippen LogP contribution < -0.4 is 0 Å². The normalized spacial score (nSPS) is 20.4. The largest absolute Gasteiger partial charge is 0.396 e. The smallest absolute Gasteiger partial charge is 0.225 e. The van der Waals surface area contributed by atoms with Crippen molar-refractivity contribution in [3.05, 3.63) is 33.8 Å². The predicted molar refractivity (Wildman–Crippen MR) is 82.4 cm³/mol. The standard InChI is InChI=1S/C15H19Cl2NO3/c16-12-4-11(5-13(17)6-12)14(20)7-15(21)18-3-1-2-10(8-18)9-19/h4-6,10,14,19-20H,1-3,7-9H2. The second-order valence-corrected chi connectivity index (χ2v) is 6.33. The topological polar surface area (TPSA) is 60.8 Å². The average molecular weight is 332 g/mol. The minimum atomic E-state index is -0.928. The number of amides is 1. The van der Waals surface area contributed by atoms with Gasteiger partial charge in [-0.2, -0.15) is 0 Å². The molecular formula is C15H19Cl2NO3. The summed E-state index contributed by atoms with van der Waals surface area (Å²) in [6, 6.07) is 4.80. The quantitative estimate of drug-likeness (QED) is 0.891. The summed E-state index contributed by atoms with van der Waals surface area (Å²) >= 11 is 11.8. The molecule has 0 saturated carbocycles. The summed E-state index contributed by atoms with van der Waals surface area (Å²) in [5, 5.41) is 20.2. The minimum Gasteiger partial charge on any atom is -0.396 e. The fraction of sp³-hybridized carbons (Fsp3) is 0.533. The predicted octanol–water partition coefficient (Wildman–Crippen LogP) is 2.65. The maximum absolute atomic E-state index is 12.2. The molecule has 1 saturated heterocycles. The average Bonchev–Trinajstić information content (AvgIpc) is 2.46. The third-order valence-corrected chi connectivity index (χ3v) is 4.20. The van der Waals surface area contributed by atoms with Gasteiger partial charge in [0.15, 0.2) is 0 Å². The summed E-state index contributed by atoms with van der Waals surface area (Å²) in [5.41, 5.74) is 0.538. The van der Waals surface area contributed by atoms with Gasteiger partial charge in [-0.1, -0.05) is 23.2 Å². The SMILES string of the molecule is O=C(CC(O)c1cc(Cl)cc(Cl)c1)N1CCCC(CO)C1. The second-order valence-electron chi connectivity index (χ2n) is 5.45. The molecule has 0 bridgehead atoms. The Morgan fingerprint density at radius 3 is 2.62 bits per heavy atom. The fourth-order valence-electron chi connectivity index (χ4n) is 2.62. The number of aliphatic hydroxyl groups is 2. The lowest BCUT2D eigenvalue weighted by Crippen LogP contribution is -2.41. The summed E-state index contributed by atoms with van der Waals surface area (Å²) in [5.74, 6) is 0.0252. The van der Waals surface area contributed by atoms with Crippen molar-refractivity contribution < 1.29 is 15.0 Å². The first-order chi connectivity index (χ1) is 9.99. The van der Waals surface area contributed by atoms with Crippen LogP contribution in [0.2, 0.25) is 10.0 Å². The highest BCUT2D eigenvalue weighted by Gasteiger charge is 2.25. The van der Waals surface area contributed by atoms with E-state index in [0.29, 0.717) is 28.7 Å². The zero-order chi connectivity index (χ0) is 15.4. The van der Waals surface area contributed by atoms with Crippen molar-refractivity contribution in [1.29, 1.82) is 0 Å². The number of aliphatic hydroxyl groups excluding tert-OH is 2. The summed E-state index contributed by atoms with van der Waals surface area (Å²) < 4.78 is 0. The molecule has 1 amide bonds. The van der Waals surface area contributed by atoms with Crippen LogP contribution in [0, 0.1) is 5.92 Å². The Bertz CT molecular complexity index is 489. The van der Waals surface area contributed by atoms with E-state index >= 15 is 0 Å². The minimum absolute atomic E-state index is 0.00514.